The highest BCUT2D eigenvalue weighted by Gasteiger charge is 2.43. The zero-order chi connectivity index (χ0) is 20.9. The highest BCUT2D eigenvalue weighted by Crippen LogP contribution is 2.41. The van der Waals surface area contributed by atoms with Crippen LogP contribution in [0, 0.1) is 5.92 Å². The van der Waals surface area contributed by atoms with Crippen molar-refractivity contribution in [2.24, 2.45) is 5.92 Å². The maximum atomic E-state index is 6.22. The summed E-state index contributed by atoms with van der Waals surface area (Å²) < 4.78 is 24.0. The van der Waals surface area contributed by atoms with Gasteiger partial charge in [-0.3, -0.25) is 0 Å². The standard InChI is InChI=1S/C26H27O4Si/c1-3-9-22(10-4-1)28-31(29-23-11-5-2-6-12-23)30-24-13-7-8-20(18-24)14-15-21-16-17-25-26(19-21)27-25/h1-13,18,21,25-26H,14-17,19H2. The molecular formula is C26H27O4Si. The predicted molar refractivity (Wildman–Crippen MR) is 121 cm³/mol. The van der Waals surface area contributed by atoms with E-state index in [9.17, 15) is 0 Å². The molecular weight excluding hydrogens is 404 g/mol. The SMILES string of the molecule is c1ccc(O[Si](Oc2ccccc2)Oc2cccc(CCC3CCC4OC4C3)c2)cc1. The molecule has 3 aromatic carbocycles. The van der Waals surface area contributed by atoms with Crippen LogP contribution >= 0.6 is 0 Å². The highest BCUT2D eigenvalue weighted by atomic mass is 28.3. The first-order valence-corrected chi connectivity index (χ1v) is 12.3. The van der Waals surface area contributed by atoms with Crippen molar-refractivity contribution in [2.45, 2.75) is 44.3 Å². The van der Waals surface area contributed by atoms with Crippen LogP contribution in [0.4, 0.5) is 0 Å². The Morgan fingerprint density at radius 3 is 2.03 bits per heavy atom. The van der Waals surface area contributed by atoms with Gasteiger partial charge in [-0.2, -0.15) is 0 Å². The molecule has 1 saturated carbocycles. The molecule has 3 aromatic rings. The normalized spacial score (nSPS) is 21.9. The number of hydrogen-bond acceptors (Lipinski definition) is 4. The molecule has 1 aliphatic heterocycles. The molecule has 0 spiro atoms. The molecule has 159 valence electrons. The molecule has 5 heteroatoms. The first kappa shape index (κ1) is 20.2. The van der Waals surface area contributed by atoms with Crippen molar-refractivity contribution >= 4 is 9.53 Å². The smallest absolute Gasteiger partial charge is 0.479 e. The van der Waals surface area contributed by atoms with Gasteiger partial charge in [-0.05, 0) is 80.0 Å². The van der Waals surface area contributed by atoms with E-state index in [1.165, 1.54) is 31.2 Å². The summed E-state index contributed by atoms with van der Waals surface area (Å²) in [6, 6.07) is 27.7. The van der Waals surface area contributed by atoms with E-state index in [-0.39, 0.29) is 0 Å². The van der Waals surface area contributed by atoms with Gasteiger partial charge in [0.05, 0.1) is 12.2 Å². The molecule has 3 unspecified atom stereocenters. The van der Waals surface area contributed by atoms with E-state index in [1.807, 2.05) is 66.7 Å². The number of aryl methyl sites for hydroxylation is 1. The minimum atomic E-state index is -2.07. The molecule has 5 rings (SSSR count). The molecule has 2 fully saturated rings. The first-order valence-electron chi connectivity index (χ1n) is 11.1. The van der Waals surface area contributed by atoms with Crippen LogP contribution in [-0.4, -0.2) is 21.7 Å². The van der Waals surface area contributed by atoms with Gasteiger partial charge in [0, 0.05) is 0 Å². The number of hydrogen-bond donors (Lipinski definition) is 0. The van der Waals surface area contributed by atoms with Gasteiger partial charge < -0.3 is 18.0 Å². The van der Waals surface area contributed by atoms with Gasteiger partial charge in [0.25, 0.3) is 0 Å². The number of para-hydroxylation sites is 2. The zero-order valence-corrected chi connectivity index (χ0v) is 18.5. The fourth-order valence-electron chi connectivity index (χ4n) is 4.21. The molecule has 0 amide bonds. The summed E-state index contributed by atoms with van der Waals surface area (Å²) in [4.78, 5) is 0. The molecule has 1 saturated heterocycles. The van der Waals surface area contributed by atoms with E-state index in [1.54, 1.807) is 0 Å². The summed E-state index contributed by atoms with van der Waals surface area (Å²) >= 11 is 0. The zero-order valence-electron chi connectivity index (χ0n) is 17.5. The Kier molecular flexibility index (Phi) is 6.23. The molecule has 4 nitrogen and oxygen atoms in total. The van der Waals surface area contributed by atoms with Crippen LogP contribution in [0.15, 0.2) is 84.9 Å². The second-order valence-electron chi connectivity index (χ2n) is 8.26. The molecule has 3 atom stereocenters. The minimum Gasteiger partial charge on any atom is -0.479 e. The van der Waals surface area contributed by atoms with E-state index in [0.29, 0.717) is 12.2 Å². The minimum absolute atomic E-state index is 0.545. The maximum absolute atomic E-state index is 6.22. The lowest BCUT2D eigenvalue weighted by Crippen LogP contribution is -2.37. The summed E-state index contributed by atoms with van der Waals surface area (Å²) in [5, 5.41) is 0. The van der Waals surface area contributed by atoms with Crippen LogP contribution in [0.1, 0.15) is 31.2 Å². The molecule has 1 heterocycles. The Bertz CT molecular complexity index is 924. The van der Waals surface area contributed by atoms with Crippen molar-refractivity contribution in [3.05, 3.63) is 90.5 Å². The van der Waals surface area contributed by atoms with Crippen LogP contribution in [0.3, 0.4) is 0 Å². The third kappa shape index (κ3) is 5.69. The summed E-state index contributed by atoms with van der Waals surface area (Å²) in [6.45, 7) is 0. The van der Waals surface area contributed by atoms with Crippen molar-refractivity contribution < 1.29 is 18.0 Å². The van der Waals surface area contributed by atoms with E-state index in [4.69, 9.17) is 18.0 Å². The van der Waals surface area contributed by atoms with Crippen LogP contribution in [0.2, 0.25) is 0 Å². The molecule has 0 N–H and O–H groups in total. The van der Waals surface area contributed by atoms with Gasteiger partial charge in [0.2, 0.25) is 0 Å². The number of benzene rings is 3. The second-order valence-corrected chi connectivity index (χ2v) is 9.37. The lowest BCUT2D eigenvalue weighted by atomic mass is 9.85. The summed E-state index contributed by atoms with van der Waals surface area (Å²) in [5.41, 5.74) is 1.29. The molecule has 1 aliphatic carbocycles. The monoisotopic (exact) mass is 431 g/mol. The third-order valence-electron chi connectivity index (χ3n) is 5.94. The summed E-state index contributed by atoms with van der Waals surface area (Å²) in [6.07, 6.45) is 7.13. The van der Waals surface area contributed by atoms with Gasteiger partial charge in [-0.15, -0.1) is 0 Å². The third-order valence-corrected chi connectivity index (χ3v) is 7.15. The van der Waals surface area contributed by atoms with Crippen molar-refractivity contribution in [1.82, 2.24) is 0 Å². The van der Waals surface area contributed by atoms with Crippen molar-refractivity contribution in [3.63, 3.8) is 0 Å². The van der Waals surface area contributed by atoms with E-state index < -0.39 is 9.53 Å². The molecule has 0 bridgehead atoms. The van der Waals surface area contributed by atoms with Crippen molar-refractivity contribution in [1.29, 1.82) is 0 Å². The average molecular weight is 432 g/mol. The fourth-order valence-corrected chi connectivity index (χ4v) is 5.31. The number of fused-ring (bicyclic) bond motifs is 1. The van der Waals surface area contributed by atoms with Crippen LogP contribution < -0.4 is 13.3 Å². The van der Waals surface area contributed by atoms with Gasteiger partial charge in [-0.1, -0.05) is 48.5 Å². The number of rotatable bonds is 9. The Labute approximate surface area is 185 Å². The number of epoxide rings is 1. The van der Waals surface area contributed by atoms with Crippen molar-refractivity contribution in [3.8, 4) is 17.2 Å². The van der Waals surface area contributed by atoms with Crippen LogP contribution in [0.5, 0.6) is 17.2 Å². The number of ether oxygens (including phenoxy) is 1. The highest BCUT2D eigenvalue weighted by molar-refractivity contribution is 6.39. The van der Waals surface area contributed by atoms with Crippen molar-refractivity contribution in [2.75, 3.05) is 0 Å². The van der Waals surface area contributed by atoms with Gasteiger partial charge in [0.15, 0.2) is 0 Å². The Hall–Kier alpha value is -2.76. The maximum Gasteiger partial charge on any atom is 0.818 e. The summed E-state index contributed by atoms with van der Waals surface area (Å²) in [5.74, 6) is 3.03. The van der Waals surface area contributed by atoms with Gasteiger partial charge in [-0.25, -0.2) is 0 Å². The van der Waals surface area contributed by atoms with Crippen LogP contribution in [-0.2, 0) is 11.2 Å². The molecule has 1 radical (unpaired) electrons. The fraction of sp³-hybridized carbons (Fsp3) is 0.308. The van der Waals surface area contributed by atoms with Gasteiger partial charge >= 0.3 is 9.53 Å². The first-order chi connectivity index (χ1) is 15.3. The van der Waals surface area contributed by atoms with E-state index in [0.717, 1.165) is 29.6 Å². The summed E-state index contributed by atoms with van der Waals surface area (Å²) in [7, 11) is -2.07. The van der Waals surface area contributed by atoms with E-state index in [2.05, 4.69) is 18.2 Å². The average Bonchev–Trinajstić information content (AvgIpc) is 3.58. The topological polar surface area (TPSA) is 40.2 Å². The van der Waals surface area contributed by atoms with Crippen LogP contribution in [0.25, 0.3) is 0 Å². The lowest BCUT2D eigenvalue weighted by Gasteiger charge is -2.19. The Morgan fingerprint density at radius 1 is 0.710 bits per heavy atom. The van der Waals surface area contributed by atoms with Gasteiger partial charge in [0.1, 0.15) is 17.2 Å². The second kappa shape index (κ2) is 9.58. The molecule has 2 aliphatic rings. The molecule has 31 heavy (non-hydrogen) atoms. The quantitative estimate of drug-likeness (QED) is 0.321. The lowest BCUT2D eigenvalue weighted by molar-refractivity contribution is 0.307. The molecule has 0 aromatic heterocycles. The predicted octanol–water partition coefficient (Wildman–Crippen LogP) is 5.71. The van der Waals surface area contributed by atoms with E-state index >= 15 is 0 Å². The largest absolute Gasteiger partial charge is 0.818 e. The Morgan fingerprint density at radius 2 is 1.35 bits per heavy atom. The Balaban J connectivity index is 1.23.